The van der Waals surface area contributed by atoms with Gasteiger partial charge in [0.15, 0.2) is 0 Å². The van der Waals surface area contributed by atoms with E-state index in [-0.39, 0.29) is 19.1 Å². The lowest BCUT2D eigenvalue weighted by atomic mass is 10.1. The zero-order chi connectivity index (χ0) is 13.7. The Morgan fingerprint density at radius 1 is 1.37 bits per heavy atom. The number of amides is 1. The Kier molecular flexibility index (Phi) is 4.80. The quantitative estimate of drug-likeness (QED) is 0.704. The molecule has 0 saturated heterocycles. The van der Waals surface area contributed by atoms with Gasteiger partial charge in [-0.3, -0.25) is 4.79 Å². The van der Waals surface area contributed by atoms with Gasteiger partial charge in [-0.05, 0) is 43.5 Å². The number of anilines is 1. The molecule has 0 aromatic heterocycles. The van der Waals surface area contributed by atoms with E-state index in [0.717, 1.165) is 11.6 Å². The van der Waals surface area contributed by atoms with Gasteiger partial charge >= 0.3 is 0 Å². The second-order valence-corrected chi connectivity index (χ2v) is 5.28. The van der Waals surface area contributed by atoms with Crippen LogP contribution in [0.5, 0.6) is 0 Å². The van der Waals surface area contributed by atoms with Gasteiger partial charge in [0.1, 0.15) is 0 Å². The second-order valence-electron chi connectivity index (χ2n) is 5.28. The summed E-state index contributed by atoms with van der Waals surface area (Å²) in [5.74, 6) is 0.762. The molecule has 0 radical (unpaired) electrons. The summed E-state index contributed by atoms with van der Waals surface area (Å²) in [5.41, 5.74) is 1.67. The molecule has 0 spiro atoms. The minimum Gasteiger partial charge on any atom is -0.395 e. The van der Waals surface area contributed by atoms with Crippen LogP contribution in [0.3, 0.4) is 0 Å². The Morgan fingerprint density at radius 3 is 2.63 bits per heavy atom. The zero-order valence-corrected chi connectivity index (χ0v) is 11.4. The van der Waals surface area contributed by atoms with E-state index in [1.54, 1.807) is 12.1 Å². The highest BCUT2D eigenvalue weighted by Gasteiger charge is 2.23. The average Bonchev–Trinajstić information content (AvgIpc) is 3.20. The van der Waals surface area contributed by atoms with Crippen molar-refractivity contribution in [3.05, 3.63) is 29.8 Å². The van der Waals surface area contributed by atoms with Crippen LogP contribution in [-0.2, 0) is 0 Å². The summed E-state index contributed by atoms with van der Waals surface area (Å²) in [7, 11) is 0. The predicted molar refractivity (Wildman–Crippen MR) is 76.3 cm³/mol. The van der Waals surface area contributed by atoms with Gasteiger partial charge in [-0.25, -0.2) is 0 Å². The Bertz CT molecular complexity index is 413. The van der Waals surface area contributed by atoms with Gasteiger partial charge in [0.2, 0.25) is 0 Å². The number of aliphatic hydroxyl groups is 1. The minimum absolute atomic E-state index is 0.0376. The molecule has 1 aliphatic rings. The highest BCUT2D eigenvalue weighted by Crippen LogP contribution is 2.34. The fourth-order valence-corrected chi connectivity index (χ4v) is 2.19. The molecule has 4 heteroatoms. The van der Waals surface area contributed by atoms with Gasteiger partial charge in [-0.1, -0.05) is 12.8 Å². The fraction of sp³-hybridized carbons (Fsp3) is 0.533. The normalized spacial score (nSPS) is 15.9. The van der Waals surface area contributed by atoms with E-state index in [9.17, 15) is 4.79 Å². The maximum atomic E-state index is 11.6. The summed E-state index contributed by atoms with van der Waals surface area (Å²) in [6.07, 6.45) is 3.96. The van der Waals surface area contributed by atoms with Crippen molar-refractivity contribution in [2.24, 2.45) is 5.92 Å². The Hall–Kier alpha value is -1.55. The zero-order valence-electron chi connectivity index (χ0n) is 11.4. The van der Waals surface area contributed by atoms with E-state index in [0.29, 0.717) is 11.6 Å². The first-order valence-corrected chi connectivity index (χ1v) is 6.94. The van der Waals surface area contributed by atoms with Crippen LogP contribution in [-0.4, -0.2) is 30.2 Å². The number of aliphatic hydroxyl groups excluding tert-OH is 1. The van der Waals surface area contributed by atoms with Gasteiger partial charge in [-0.15, -0.1) is 0 Å². The highest BCUT2D eigenvalue weighted by atomic mass is 16.3. The molecule has 1 aliphatic carbocycles. The molecular weight excluding hydrogens is 240 g/mol. The van der Waals surface area contributed by atoms with Gasteiger partial charge in [0.25, 0.3) is 5.91 Å². The number of benzene rings is 1. The fourth-order valence-electron chi connectivity index (χ4n) is 2.19. The molecule has 19 heavy (non-hydrogen) atoms. The largest absolute Gasteiger partial charge is 0.395 e. The standard InChI is InChI=1S/C15H22N2O2/c1-11(10-12-2-3-12)17-14-6-4-13(5-7-14)15(19)16-8-9-18/h4-7,11-12,17-18H,2-3,8-10H2,1H3,(H,16,19). The van der Waals surface area contributed by atoms with E-state index in [4.69, 9.17) is 5.11 Å². The van der Waals surface area contributed by atoms with Crippen molar-refractivity contribution in [3.8, 4) is 0 Å². The molecule has 0 bridgehead atoms. The van der Waals surface area contributed by atoms with E-state index in [1.165, 1.54) is 19.3 Å². The van der Waals surface area contributed by atoms with E-state index in [1.807, 2.05) is 12.1 Å². The molecule has 1 aromatic carbocycles. The molecule has 4 nitrogen and oxygen atoms in total. The van der Waals surface area contributed by atoms with Crippen LogP contribution in [0.4, 0.5) is 5.69 Å². The number of hydrogen-bond donors (Lipinski definition) is 3. The summed E-state index contributed by atoms with van der Waals surface area (Å²) in [5, 5.41) is 14.7. The third kappa shape index (κ3) is 4.56. The molecule has 1 unspecified atom stereocenters. The first kappa shape index (κ1) is 13.9. The smallest absolute Gasteiger partial charge is 0.251 e. The third-order valence-electron chi connectivity index (χ3n) is 3.34. The van der Waals surface area contributed by atoms with Crippen molar-refractivity contribution in [1.82, 2.24) is 5.32 Å². The molecular formula is C15H22N2O2. The predicted octanol–water partition coefficient (Wildman–Crippen LogP) is 2.01. The molecule has 0 aliphatic heterocycles. The summed E-state index contributed by atoms with van der Waals surface area (Å²) in [6, 6.07) is 7.94. The van der Waals surface area contributed by atoms with Crippen LogP contribution in [0.2, 0.25) is 0 Å². The SMILES string of the molecule is CC(CC1CC1)Nc1ccc(C(=O)NCCO)cc1. The van der Waals surface area contributed by atoms with Gasteiger partial charge in [-0.2, -0.15) is 0 Å². The topological polar surface area (TPSA) is 61.4 Å². The minimum atomic E-state index is -0.147. The number of nitrogens with one attached hydrogen (secondary N) is 2. The Morgan fingerprint density at radius 2 is 2.05 bits per heavy atom. The molecule has 1 atom stereocenters. The lowest BCUT2D eigenvalue weighted by Gasteiger charge is -2.15. The molecule has 2 rings (SSSR count). The van der Waals surface area contributed by atoms with Gasteiger partial charge < -0.3 is 15.7 Å². The van der Waals surface area contributed by atoms with E-state index >= 15 is 0 Å². The lowest BCUT2D eigenvalue weighted by molar-refractivity contribution is 0.0945. The van der Waals surface area contributed by atoms with Crippen molar-refractivity contribution in [3.63, 3.8) is 0 Å². The van der Waals surface area contributed by atoms with Crippen LogP contribution in [0.1, 0.15) is 36.5 Å². The lowest BCUT2D eigenvalue weighted by Crippen LogP contribution is -2.26. The van der Waals surface area contributed by atoms with Crippen molar-refractivity contribution >= 4 is 11.6 Å². The van der Waals surface area contributed by atoms with E-state index < -0.39 is 0 Å². The van der Waals surface area contributed by atoms with Crippen LogP contribution >= 0.6 is 0 Å². The third-order valence-corrected chi connectivity index (χ3v) is 3.34. The molecule has 1 aromatic rings. The van der Waals surface area contributed by atoms with Gasteiger partial charge in [0.05, 0.1) is 6.61 Å². The molecule has 0 heterocycles. The highest BCUT2D eigenvalue weighted by molar-refractivity contribution is 5.94. The molecule has 3 N–H and O–H groups in total. The monoisotopic (exact) mass is 262 g/mol. The molecule has 104 valence electrons. The Balaban J connectivity index is 1.84. The second kappa shape index (κ2) is 6.57. The van der Waals surface area contributed by atoms with Crippen LogP contribution < -0.4 is 10.6 Å². The van der Waals surface area contributed by atoms with Crippen LogP contribution in [0, 0.1) is 5.92 Å². The first-order valence-electron chi connectivity index (χ1n) is 6.94. The van der Waals surface area contributed by atoms with Crippen LogP contribution in [0.25, 0.3) is 0 Å². The first-order chi connectivity index (χ1) is 9.19. The number of rotatable bonds is 7. The number of carbonyl (C=O) groups excluding carboxylic acids is 1. The number of hydrogen-bond acceptors (Lipinski definition) is 3. The maximum Gasteiger partial charge on any atom is 0.251 e. The summed E-state index contributed by atoms with van der Waals surface area (Å²) in [6.45, 7) is 2.45. The molecule has 1 amide bonds. The van der Waals surface area contributed by atoms with Crippen molar-refractivity contribution in [2.75, 3.05) is 18.5 Å². The number of carbonyl (C=O) groups is 1. The molecule has 1 saturated carbocycles. The van der Waals surface area contributed by atoms with Crippen molar-refractivity contribution < 1.29 is 9.90 Å². The summed E-state index contributed by atoms with van der Waals surface area (Å²) in [4.78, 5) is 11.6. The van der Waals surface area contributed by atoms with Crippen LogP contribution in [0.15, 0.2) is 24.3 Å². The van der Waals surface area contributed by atoms with Crippen molar-refractivity contribution in [2.45, 2.75) is 32.2 Å². The van der Waals surface area contributed by atoms with E-state index in [2.05, 4.69) is 17.6 Å². The summed E-state index contributed by atoms with van der Waals surface area (Å²) >= 11 is 0. The average molecular weight is 262 g/mol. The molecule has 1 fully saturated rings. The van der Waals surface area contributed by atoms with Crippen molar-refractivity contribution in [1.29, 1.82) is 0 Å². The summed E-state index contributed by atoms with van der Waals surface area (Å²) < 4.78 is 0. The maximum absolute atomic E-state index is 11.6. The van der Waals surface area contributed by atoms with Gasteiger partial charge in [0, 0.05) is 23.8 Å². The Labute approximate surface area is 114 Å².